The molecular formula is C28H45FN2O4Si. The molecule has 202 valence electrons. The van der Waals surface area contributed by atoms with Crippen LogP contribution in [0.15, 0.2) is 18.2 Å². The summed E-state index contributed by atoms with van der Waals surface area (Å²) in [4.78, 5) is 28.6. The molecule has 0 saturated carbocycles. The van der Waals surface area contributed by atoms with Gasteiger partial charge in [-0.15, -0.1) is 0 Å². The normalized spacial score (nSPS) is 25.2. The predicted octanol–water partition coefficient (Wildman–Crippen LogP) is 6.42. The average Bonchev–Trinajstić information content (AvgIpc) is 3.15. The van der Waals surface area contributed by atoms with Crippen LogP contribution in [0, 0.1) is 12.7 Å². The Balaban J connectivity index is 2.03. The van der Waals surface area contributed by atoms with Crippen LogP contribution in [0.4, 0.5) is 9.18 Å². The summed E-state index contributed by atoms with van der Waals surface area (Å²) in [6, 6.07) is 3.86. The molecule has 0 spiro atoms. The molecule has 36 heavy (non-hydrogen) atoms. The van der Waals surface area contributed by atoms with Gasteiger partial charge in [-0.3, -0.25) is 4.79 Å². The number of rotatable bonds is 5. The number of carbonyl (C=O) groups excluding carboxylic acids is 2. The molecule has 0 aliphatic carbocycles. The van der Waals surface area contributed by atoms with Crippen LogP contribution < -0.4 is 5.32 Å². The third kappa shape index (κ3) is 5.35. The van der Waals surface area contributed by atoms with Crippen molar-refractivity contribution in [3.8, 4) is 0 Å². The Bertz CT molecular complexity index is 1030. The zero-order chi connectivity index (χ0) is 27.5. The standard InChI is InChI=1S/C28H45FN2O4Si/c1-18-16-19(29)12-13-20(18)28-15-14-22(27(8,9)35-36(10,11)26(5,6)7)31(28)23(32)21(17-28)30-24(33)34-25(2,3)4/h12-13,16,21-22H,14-15,17H2,1-11H3,(H,30,33)/t21-,22+,28+/m0/s1. The molecule has 2 aliphatic heterocycles. The molecule has 0 unspecified atom stereocenters. The number of halogens is 1. The first-order valence-corrected chi connectivity index (χ1v) is 15.9. The van der Waals surface area contributed by atoms with Crippen molar-refractivity contribution in [1.82, 2.24) is 10.2 Å². The van der Waals surface area contributed by atoms with E-state index in [1.165, 1.54) is 12.1 Å². The number of hydrogen-bond donors (Lipinski definition) is 1. The largest absolute Gasteiger partial charge is 0.444 e. The summed E-state index contributed by atoms with van der Waals surface area (Å²) in [7, 11) is -2.14. The van der Waals surface area contributed by atoms with E-state index in [-0.39, 0.29) is 22.8 Å². The quantitative estimate of drug-likeness (QED) is 0.455. The molecule has 6 nitrogen and oxygen atoms in total. The Kier molecular flexibility index (Phi) is 7.25. The number of carbonyl (C=O) groups is 2. The first kappa shape index (κ1) is 28.6. The first-order valence-electron chi connectivity index (χ1n) is 13.0. The minimum absolute atomic E-state index is 0.0172. The van der Waals surface area contributed by atoms with Gasteiger partial charge in [-0.2, -0.15) is 0 Å². The summed E-state index contributed by atoms with van der Waals surface area (Å²) in [5, 5.41) is 2.84. The lowest BCUT2D eigenvalue weighted by atomic mass is 9.82. The first-order chi connectivity index (χ1) is 16.2. The van der Waals surface area contributed by atoms with E-state index < -0.39 is 37.2 Å². The van der Waals surface area contributed by atoms with Crippen molar-refractivity contribution in [2.75, 3.05) is 0 Å². The van der Waals surface area contributed by atoms with Gasteiger partial charge in [0.2, 0.25) is 5.91 Å². The number of ether oxygens (including phenoxy) is 1. The van der Waals surface area contributed by atoms with Crippen LogP contribution in [0.5, 0.6) is 0 Å². The Morgan fingerprint density at radius 2 is 1.75 bits per heavy atom. The number of hydrogen-bond acceptors (Lipinski definition) is 4. The van der Waals surface area contributed by atoms with Crippen LogP contribution in [-0.4, -0.2) is 48.5 Å². The molecule has 3 rings (SSSR count). The van der Waals surface area contributed by atoms with E-state index in [4.69, 9.17) is 9.16 Å². The number of aryl methyl sites for hydroxylation is 1. The van der Waals surface area contributed by atoms with Gasteiger partial charge < -0.3 is 19.4 Å². The molecule has 2 aliphatic rings. The zero-order valence-electron chi connectivity index (χ0n) is 24.0. The van der Waals surface area contributed by atoms with Gasteiger partial charge in [-0.1, -0.05) is 26.8 Å². The molecule has 8 heteroatoms. The highest BCUT2D eigenvalue weighted by molar-refractivity contribution is 6.74. The second kappa shape index (κ2) is 9.12. The fourth-order valence-electron chi connectivity index (χ4n) is 5.70. The van der Waals surface area contributed by atoms with Gasteiger partial charge in [-0.05, 0) is 95.8 Å². The van der Waals surface area contributed by atoms with Crippen molar-refractivity contribution in [2.24, 2.45) is 0 Å². The lowest BCUT2D eigenvalue weighted by molar-refractivity contribution is -0.138. The Morgan fingerprint density at radius 1 is 1.14 bits per heavy atom. The summed E-state index contributed by atoms with van der Waals surface area (Å²) in [6.45, 7) is 22.5. The van der Waals surface area contributed by atoms with Gasteiger partial charge in [0.15, 0.2) is 8.32 Å². The summed E-state index contributed by atoms with van der Waals surface area (Å²) in [5.41, 5.74) is -0.192. The zero-order valence-corrected chi connectivity index (χ0v) is 25.0. The second-order valence-electron chi connectivity index (χ2n) is 13.6. The third-order valence-corrected chi connectivity index (χ3v) is 12.8. The number of alkyl carbamates (subject to hydrolysis) is 1. The van der Waals surface area contributed by atoms with Crippen molar-refractivity contribution in [2.45, 2.75) is 129 Å². The Labute approximate surface area is 217 Å². The van der Waals surface area contributed by atoms with Crippen molar-refractivity contribution in [3.05, 3.63) is 35.1 Å². The monoisotopic (exact) mass is 520 g/mol. The summed E-state index contributed by atoms with van der Waals surface area (Å²) in [6.07, 6.45) is 1.28. The molecule has 0 bridgehead atoms. The third-order valence-electron chi connectivity index (χ3n) is 8.19. The predicted molar refractivity (Wildman–Crippen MR) is 143 cm³/mol. The van der Waals surface area contributed by atoms with Gasteiger partial charge in [0.05, 0.1) is 17.2 Å². The number of amides is 2. The van der Waals surface area contributed by atoms with Gasteiger partial charge >= 0.3 is 6.09 Å². The number of fused-ring (bicyclic) bond motifs is 1. The Hall–Kier alpha value is -1.93. The van der Waals surface area contributed by atoms with Crippen LogP contribution in [0.1, 0.15) is 85.8 Å². The van der Waals surface area contributed by atoms with Crippen LogP contribution in [0.3, 0.4) is 0 Å². The fourth-order valence-corrected chi connectivity index (χ4v) is 7.46. The molecule has 2 heterocycles. The van der Waals surface area contributed by atoms with Gasteiger partial charge in [0.1, 0.15) is 17.5 Å². The lowest BCUT2D eigenvalue weighted by Gasteiger charge is -2.48. The van der Waals surface area contributed by atoms with Crippen molar-refractivity contribution in [1.29, 1.82) is 0 Å². The minimum Gasteiger partial charge on any atom is -0.444 e. The second-order valence-corrected chi connectivity index (χ2v) is 18.3. The van der Waals surface area contributed by atoms with Crippen molar-refractivity contribution >= 4 is 20.3 Å². The van der Waals surface area contributed by atoms with E-state index in [1.54, 1.807) is 26.8 Å². The van der Waals surface area contributed by atoms with E-state index in [2.05, 4.69) is 53.0 Å². The van der Waals surface area contributed by atoms with Crippen LogP contribution in [0.25, 0.3) is 0 Å². The van der Waals surface area contributed by atoms with E-state index in [1.807, 2.05) is 11.8 Å². The maximum atomic E-state index is 14.1. The highest BCUT2D eigenvalue weighted by Crippen LogP contribution is 2.54. The maximum absolute atomic E-state index is 14.1. The highest BCUT2D eigenvalue weighted by Gasteiger charge is 2.62. The molecular weight excluding hydrogens is 475 g/mol. The van der Waals surface area contributed by atoms with E-state index in [0.29, 0.717) is 12.8 Å². The van der Waals surface area contributed by atoms with Gasteiger partial charge in [-0.25, -0.2) is 9.18 Å². The van der Waals surface area contributed by atoms with Crippen molar-refractivity contribution in [3.63, 3.8) is 0 Å². The summed E-state index contributed by atoms with van der Waals surface area (Å²) in [5.74, 6) is -0.443. The maximum Gasteiger partial charge on any atom is 0.408 e. The van der Waals surface area contributed by atoms with Crippen LogP contribution in [-0.2, 0) is 19.5 Å². The molecule has 2 fully saturated rings. The SMILES string of the molecule is Cc1cc(F)ccc1[C@]12CC[C@H](C(C)(C)O[Si](C)(C)C(C)(C)C)N1C(=O)[C@@H](NC(=O)OC(C)(C)C)C2. The molecule has 3 atom stereocenters. The molecule has 0 radical (unpaired) electrons. The number of nitrogens with one attached hydrogen (secondary N) is 1. The fraction of sp³-hybridized carbons (Fsp3) is 0.714. The molecule has 1 aromatic carbocycles. The van der Waals surface area contributed by atoms with E-state index in [9.17, 15) is 14.0 Å². The topological polar surface area (TPSA) is 67.9 Å². The smallest absolute Gasteiger partial charge is 0.408 e. The van der Waals surface area contributed by atoms with Gasteiger partial charge in [0, 0.05) is 6.42 Å². The minimum atomic E-state index is -2.14. The van der Waals surface area contributed by atoms with Gasteiger partial charge in [0.25, 0.3) is 0 Å². The number of benzene rings is 1. The van der Waals surface area contributed by atoms with Crippen LogP contribution >= 0.6 is 0 Å². The summed E-state index contributed by atoms with van der Waals surface area (Å²) >= 11 is 0. The lowest BCUT2D eigenvalue weighted by Crippen LogP contribution is -2.58. The van der Waals surface area contributed by atoms with Crippen LogP contribution in [0.2, 0.25) is 18.1 Å². The van der Waals surface area contributed by atoms with E-state index >= 15 is 0 Å². The molecule has 2 saturated heterocycles. The molecule has 0 aromatic heterocycles. The van der Waals surface area contributed by atoms with Crippen molar-refractivity contribution < 1.29 is 23.1 Å². The summed E-state index contributed by atoms with van der Waals surface area (Å²) < 4.78 is 26.4. The highest BCUT2D eigenvalue weighted by atomic mass is 28.4. The molecule has 1 N–H and O–H groups in total. The average molecular weight is 521 g/mol. The van der Waals surface area contributed by atoms with E-state index in [0.717, 1.165) is 17.5 Å². The number of nitrogens with zero attached hydrogens (tertiary/aromatic N) is 1. The Morgan fingerprint density at radius 3 is 2.28 bits per heavy atom. The molecule has 1 aromatic rings. The molecule has 2 amide bonds.